The molecule has 1 aliphatic heterocycles. The van der Waals surface area contributed by atoms with Crippen molar-refractivity contribution in [2.75, 3.05) is 6.54 Å². The van der Waals surface area contributed by atoms with Gasteiger partial charge in [-0.25, -0.2) is 0 Å². The first kappa shape index (κ1) is 31.1. The highest BCUT2D eigenvalue weighted by atomic mass is 35.5. The molecule has 40 heavy (non-hydrogen) atoms. The lowest BCUT2D eigenvalue weighted by Crippen LogP contribution is -2.43. The summed E-state index contributed by atoms with van der Waals surface area (Å²) in [6, 6.07) is 22.9. The van der Waals surface area contributed by atoms with Gasteiger partial charge in [0.25, 0.3) is 0 Å². The van der Waals surface area contributed by atoms with E-state index in [4.69, 9.17) is 16.7 Å². The van der Waals surface area contributed by atoms with Gasteiger partial charge in [0.05, 0.1) is 10.9 Å². The van der Waals surface area contributed by atoms with Crippen molar-refractivity contribution < 1.29 is 24.6 Å². The molecule has 2 N–H and O–H groups in total. The van der Waals surface area contributed by atoms with Crippen LogP contribution in [-0.4, -0.2) is 45.4 Å². The third kappa shape index (κ3) is 8.77. The Morgan fingerprint density at radius 2 is 1.57 bits per heavy atom. The third-order valence-electron chi connectivity index (χ3n) is 7.13. The molecule has 6 nitrogen and oxygen atoms in total. The van der Waals surface area contributed by atoms with Crippen LogP contribution < -0.4 is 0 Å². The second kappa shape index (κ2) is 14.8. The molecule has 0 aromatic heterocycles. The molecule has 1 fully saturated rings. The molecule has 2 unspecified atom stereocenters. The SMILES string of the molecule is CC(C)C(=O)c1ccccc1Cl.CC(Cc1ccc(-c2cccc(CN3CCCCC3C(=O)O)c2)cc1)C(=O)O. The van der Waals surface area contributed by atoms with Crippen molar-refractivity contribution in [2.45, 2.75) is 59.0 Å². The van der Waals surface area contributed by atoms with Crippen LogP contribution in [0.1, 0.15) is 61.5 Å². The van der Waals surface area contributed by atoms with Gasteiger partial charge in [-0.15, -0.1) is 0 Å². The number of likely N-dealkylation sites (tertiary alicyclic amines) is 1. The van der Waals surface area contributed by atoms with E-state index in [2.05, 4.69) is 11.0 Å². The average molecular weight is 564 g/mol. The molecule has 3 aromatic rings. The van der Waals surface area contributed by atoms with Gasteiger partial charge in [0.15, 0.2) is 5.78 Å². The minimum atomic E-state index is -0.783. The van der Waals surface area contributed by atoms with Gasteiger partial charge in [-0.05, 0) is 66.3 Å². The average Bonchev–Trinajstić information content (AvgIpc) is 2.94. The molecule has 3 aromatic carbocycles. The minimum absolute atomic E-state index is 0.00454. The monoisotopic (exact) mass is 563 g/mol. The third-order valence-corrected chi connectivity index (χ3v) is 7.46. The Morgan fingerprint density at radius 1 is 0.875 bits per heavy atom. The van der Waals surface area contributed by atoms with Crippen molar-refractivity contribution in [1.82, 2.24) is 4.90 Å². The summed E-state index contributed by atoms with van der Waals surface area (Å²) in [5, 5.41) is 19.1. The highest BCUT2D eigenvalue weighted by Gasteiger charge is 2.28. The molecule has 0 radical (unpaired) electrons. The summed E-state index contributed by atoms with van der Waals surface area (Å²) in [6.45, 7) is 6.90. The highest BCUT2D eigenvalue weighted by molar-refractivity contribution is 6.34. The van der Waals surface area contributed by atoms with Crippen LogP contribution in [-0.2, 0) is 22.6 Å². The number of nitrogens with zero attached hydrogens (tertiary/aromatic N) is 1. The minimum Gasteiger partial charge on any atom is -0.481 e. The van der Waals surface area contributed by atoms with Crippen molar-refractivity contribution in [3.8, 4) is 11.1 Å². The van der Waals surface area contributed by atoms with Gasteiger partial charge in [-0.2, -0.15) is 0 Å². The molecule has 0 saturated carbocycles. The van der Waals surface area contributed by atoms with Gasteiger partial charge in [-0.3, -0.25) is 19.3 Å². The van der Waals surface area contributed by atoms with Crippen molar-refractivity contribution in [3.63, 3.8) is 0 Å². The van der Waals surface area contributed by atoms with Crippen LogP contribution in [0, 0.1) is 11.8 Å². The second-order valence-corrected chi connectivity index (χ2v) is 11.1. The molecule has 7 heteroatoms. The summed E-state index contributed by atoms with van der Waals surface area (Å²) in [5.41, 5.74) is 4.89. The fraction of sp³-hybridized carbons (Fsp3) is 0.364. The summed E-state index contributed by atoms with van der Waals surface area (Å²) >= 11 is 5.84. The first-order valence-corrected chi connectivity index (χ1v) is 14.1. The van der Waals surface area contributed by atoms with Crippen LogP contribution in [0.5, 0.6) is 0 Å². The van der Waals surface area contributed by atoms with Crippen molar-refractivity contribution in [3.05, 3.63) is 94.5 Å². The van der Waals surface area contributed by atoms with Gasteiger partial charge < -0.3 is 10.2 Å². The van der Waals surface area contributed by atoms with Crippen LogP contribution in [0.15, 0.2) is 72.8 Å². The molecule has 2 atom stereocenters. The first-order chi connectivity index (χ1) is 19.1. The number of benzene rings is 3. The normalized spacial score (nSPS) is 16.1. The largest absolute Gasteiger partial charge is 0.481 e. The van der Waals surface area contributed by atoms with Crippen LogP contribution >= 0.6 is 11.6 Å². The van der Waals surface area contributed by atoms with E-state index in [0.717, 1.165) is 41.6 Å². The molecule has 0 amide bonds. The fourth-order valence-electron chi connectivity index (χ4n) is 4.79. The lowest BCUT2D eigenvalue weighted by Gasteiger charge is -2.32. The fourth-order valence-corrected chi connectivity index (χ4v) is 5.02. The van der Waals surface area contributed by atoms with Gasteiger partial charge in [0.1, 0.15) is 6.04 Å². The van der Waals surface area contributed by atoms with E-state index in [1.54, 1.807) is 19.1 Å². The Balaban J connectivity index is 0.000000307. The Bertz CT molecular complexity index is 1300. The maximum atomic E-state index is 11.5. The molecule has 0 bridgehead atoms. The van der Waals surface area contributed by atoms with Crippen LogP contribution in [0.4, 0.5) is 0 Å². The van der Waals surface area contributed by atoms with E-state index in [0.29, 0.717) is 30.0 Å². The Hall–Kier alpha value is -3.48. The first-order valence-electron chi connectivity index (χ1n) is 13.7. The summed E-state index contributed by atoms with van der Waals surface area (Å²) in [4.78, 5) is 36.1. The summed E-state index contributed by atoms with van der Waals surface area (Å²) in [6.07, 6.45) is 3.24. The molecule has 4 rings (SSSR count). The number of carbonyl (C=O) groups excluding carboxylic acids is 1. The Kier molecular flexibility index (Phi) is 11.5. The number of carboxylic acid groups (broad SMARTS) is 2. The summed E-state index contributed by atoms with van der Waals surface area (Å²) < 4.78 is 0. The molecular weight excluding hydrogens is 526 g/mol. The van der Waals surface area contributed by atoms with E-state index in [1.165, 1.54) is 0 Å². The molecule has 212 valence electrons. The number of Topliss-reactive ketones (excluding diaryl/α,β-unsaturated/α-hetero) is 1. The van der Waals surface area contributed by atoms with Crippen molar-refractivity contribution in [2.24, 2.45) is 11.8 Å². The van der Waals surface area contributed by atoms with Gasteiger partial charge in [0.2, 0.25) is 0 Å². The quantitative estimate of drug-likeness (QED) is 0.267. The lowest BCUT2D eigenvalue weighted by atomic mass is 9.97. The number of hydrogen-bond donors (Lipinski definition) is 2. The molecular formula is C33H38ClNO5. The smallest absolute Gasteiger partial charge is 0.320 e. The molecule has 1 aliphatic rings. The van der Waals surface area contributed by atoms with Crippen molar-refractivity contribution in [1.29, 1.82) is 0 Å². The number of halogens is 1. The lowest BCUT2D eigenvalue weighted by molar-refractivity contribution is -0.145. The summed E-state index contributed by atoms with van der Waals surface area (Å²) in [7, 11) is 0. The van der Waals surface area contributed by atoms with Crippen LogP contribution in [0.25, 0.3) is 11.1 Å². The molecule has 0 spiro atoms. The zero-order chi connectivity index (χ0) is 29.2. The van der Waals surface area contributed by atoms with Gasteiger partial charge in [0, 0.05) is 18.0 Å². The topological polar surface area (TPSA) is 94.9 Å². The standard InChI is InChI=1S/C23H27NO4.C10H11ClO/c1-16(22(25)26)13-17-8-10-19(11-9-17)20-6-4-5-18(14-20)15-24-12-3-2-7-21(24)23(27)28;1-7(2)10(12)8-5-3-4-6-9(8)11/h4-6,8-11,14,16,21H,2-3,7,12-13,15H2,1H3,(H,25,26)(H,27,28);3-7H,1-2H3. The zero-order valence-electron chi connectivity index (χ0n) is 23.3. The van der Waals surface area contributed by atoms with E-state index in [1.807, 2.05) is 68.4 Å². The molecule has 0 aliphatic carbocycles. The molecule has 1 saturated heterocycles. The van der Waals surface area contributed by atoms with Crippen molar-refractivity contribution >= 4 is 29.3 Å². The van der Waals surface area contributed by atoms with Gasteiger partial charge >= 0.3 is 11.9 Å². The van der Waals surface area contributed by atoms with Crippen LogP contribution in [0.3, 0.4) is 0 Å². The number of piperidine rings is 1. The predicted octanol–water partition coefficient (Wildman–Crippen LogP) is 7.23. The number of hydrogen-bond acceptors (Lipinski definition) is 4. The molecule has 1 heterocycles. The Labute approximate surface area is 241 Å². The summed E-state index contributed by atoms with van der Waals surface area (Å²) in [5.74, 6) is -1.82. The van der Waals surface area contributed by atoms with E-state index in [9.17, 15) is 19.5 Å². The second-order valence-electron chi connectivity index (χ2n) is 10.7. The van der Waals surface area contributed by atoms with Gasteiger partial charge in [-0.1, -0.05) is 93.4 Å². The number of carbonyl (C=O) groups is 3. The highest BCUT2D eigenvalue weighted by Crippen LogP contribution is 2.25. The number of ketones is 1. The predicted molar refractivity (Wildman–Crippen MR) is 159 cm³/mol. The van der Waals surface area contributed by atoms with E-state index in [-0.39, 0.29) is 11.7 Å². The number of rotatable bonds is 9. The van der Waals surface area contributed by atoms with Crippen LogP contribution in [0.2, 0.25) is 5.02 Å². The van der Waals surface area contributed by atoms with E-state index >= 15 is 0 Å². The number of carboxylic acids is 2. The zero-order valence-corrected chi connectivity index (χ0v) is 24.1. The Morgan fingerprint density at radius 3 is 2.20 bits per heavy atom. The maximum Gasteiger partial charge on any atom is 0.320 e. The van der Waals surface area contributed by atoms with E-state index < -0.39 is 23.9 Å². The maximum absolute atomic E-state index is 11.5. The number of aliphatic carboxylic acids is 2.